The van der Waals surface area contributed by atoms with E-state index < -0.39 is 10.2 Å². The Kier molecular flexibility index (Phi) is 4.54. The molecule has 7 nitrogen and oxygen atoms in total. The molecule has 0 amide bonds. The van der Waals surface area contributed by atoms with Crippen molar-refractivity contribution in [3.8, 4) is 0 Å². The topological polar surface area (TPSA) is 101 Å². The predicted molar refractivity (Wildman–Crippen MR) is 93.4 cm³/mol. The first-order chi connectivity index (χ1) is 10.8. The van der Waals surface area contributed by atoms with E-state index in [-0.39, 0.29) is 0 Å². The maximum atomic E-state index is 10.8. The minimum Gasteiger partial charge on any atom is -0.355 e. The molecule has 0 saturated carbocycles. The fraction of sp³-hybridized carbons (Fsp3) is 0.429. The summed E-state index contributed by atoms with van der Waals surface area (Å²) in [7, 11) is -3.60. The van der Waals surface area contributed by atoms with Crippen LogP contribution < -0.4 is 14.8 Å². The summed E-state index contributed by atoms with van der Waals surface area (Å²) >= 11 is 3.55. The Morgan fingerprint density at radius 1 is 1.39 bits per heavy atom. The molecular weight excluding hydrogens is 382 g/mol. The van der Waals surface area contributed by atoms with Crippen molar-refractivity contribution in [2.24, 2.45) is 11.1 Å². The number of aromatic nitrogens is 2. The second-order valence-corrected chi connectivity index (χ2v) is 8.05. The summed E-state index contributed by atoms with van der Waals surface area (Å²) in [5.74, 6) is 1.36. The Balaban J connectivity index is 1.68. The van der Waals surface area contributed by atoms with Gasteiger partial charge in [-0.15, -0.1) is 0 Å². The third-order valence-corrected chi connectivity index (χ3v) is 5.47. The fourth-order valence-electron chi connectivity index (χ4n) is 2.75. The van der Waals surface area contributed by atoms with Gasteiger partial charge in [0, 0.05) is 29.5 Å². The number of nitrogens with zero attached hydrogens (tertiary/aromatic N) is 3. The van der Waals surface area contributed by atoms with Crippen LogP contribution in [0.15, 0.2) is 22.9 Å². The summed E-state index contributed by atoms with van der Waals surface area (Å²) in [5.41, 5.74) is 2.06. The standard InChI is InChI=1S/C14H18BrN5O2S/c1-9-4-13-11(5-12(9)15)14(18-8-17-13)20-6-10(7-20)2-3-19-23(16,21)22/h4-5,8,10,19H,2-3,6-7H2,1H3,(H2,16,21,22). The van der Waals surface area contributed by atoms with Crippen LogP contribution in [0.3, 0.4) is 0 Å². The van der Waals surface area contributed by atoms with Gasteiger partial charge in [0.2, 0.25) is 0 Å². The highest BCUT2D eigenvalue weighted by Crippen LogP contribution is 2.32. The van der Waals surface area contributed by atoms with E-state index in [1.165, 1.54) is 0 Å². The lowest BCUT2D eigenvalue weighted by molar-refractivity contribution is 0.382. The molecule has 124 valence electrons. The molecule has 3 rings (SSSR count). The maximum Gasteiger partial charge on any atom is 0.274 e. The first-order valence-corrected chi connectivity index (χ1v) is 9.60. The number of rotatable bonds is 5. The van der Waals surface area contributed by atoms with Crippen LogP contribution in [0.2, 0.25) is 0 Å². The zero-order chi connectivity index (χ0) is 16.6. The van der Waals surface area contributed by atoms with E-state index in [2.05, 4.69) is 41.6 Å². The Morgan fingerprint density at radius 2 is 2.13 bits per heavy atom. The minimum atomic E-state index is -3.60. The molecule has 9 heteroatoms. The van der Waals surface area contributed by atoms with Crippen LogP contribution >= 0.6 is 15.9 Å². The Hall–Kier alpha value is -1.29. The average molecular weight is 400 g/mol. The van der Waals surface area contributed by atoms with Crippen molar-refractivity contribution in [1.29, 1.82) is 0 Å². The highest BCUT2D eigenvalue weighted by Gasteiger charge is 2.28. The smallest absolute Gasteiger partial charge is 0.274 e. The zero-order valence-electron chi connectivity index (χ0n) is 12.7. The van der Waals surface area contributed by atoms with Gasteiger partial charge < -0.3 is 4.90 Å². The number of nitrogens with one attached hydrogen (secondary N) is 1. The largest absolute Gasteiger partial charge is 0.355 e. The van der Waals surface area contributed by atoms with Crippen LogP contribution in [0.1, 0.15) is 12.0 Å². The molecule has 23 heavy (non-hydrogen) atoms. The molecule has 1 aromatic heterocycles. The second kappa shape index (κ2) is 6.31. The highest BCUT2D eigenvalue weighted by atomic mass is 79.9. The molecule has 1 aliphatic rings. The van der Waals surface area contributed by atoms with Crippen LogP contribution in [0.5, 0.6) is 0 Å². The maximum absolute atomic E-state index is 10.8. The van der Waals surface area contributed by atoms with Crippen molar-refractivity contribution in [2.45, 2.75) is 13.3 Å². The van der Waals surface area contributed by atoms with Crippen molar-refractivity contribution in [2.75, 3.05) is 24.5 Å². The van der Waals surface area contributed by atoms with Gasteiger partial charge in [0.15, 0.2) is 0 Å². The van der Waals surface area contributed by atoms with E-state index >= 15 is 0 Å². The molecular formula is C14H18BrN5O2S. The second-order valence-electron chi connectivity index (χ2n) is 5.81. The van der Waals surface area contributed by atoms with Gasteiger partial charge in [-0.3, -0.25) is 0 Å². The molecule has 0 atom stereocenters. The summed E-state index contributed by atoms with van der Waals surface area (Å²) in [4.78, 5) is 10.9. The number of fused-ring (bicyclic) bond motifs is 1. The van der Waals surface area contributed by atoms with Gasteiger partial charge in [-0.05, 0) is 37.0 Å². The van der Waals surface area contributed by atoms with Crippen LogP contribution in [0.25, 0.3) is 10.9 Å². The lowest BCUT2D eigenvalue weighted by Crippen LogP contribution is -2.48. The number of hydrogen-bond acceptors (Lipinski definition) is 5. The van der Waals surface area contributed by atoms with Crippen molar-refractivity contribution >= 4 is 42.9 Å². The summed E-state index contributed by atoms with van der Waals surface area (Å²) in [6.07, 6.45) is 2.35. The molecule has 0 aliphatic carbocycles. The number of benzene rings is 1. The number of aryl methyl sites for hydroxylation is 1. The number of nitrogens with two attached hydrogens (primary N) is 1. The minimum absolute atomic E-state index is 0.368. The van der Waals surface area contributed by atoms with Gasteiger partial charge in [-0.25, -0.2) is 19.8 Å². The normalized spacial score (nSPS) is 15.9. The first-order valence-electron chi connectivity index (χ1n) is 7.26. The quantitative estimate of drug-likeness (QED) is 0.789. The number of hydrogen-bond donors (Lipinski definition) is 2. The van der Waals surface area contributed by atoms with Crippen molar-refractivity contribution in [3.63, 3.8) is 0 Å². The fourth-order valence-corrected chi connectivity index (χ4v) is 3.50. The number of halogens is 1. The average Bonchev–Trinajstić information content (AvgIpc) is 2.41. The molecule has 1 aliphatic heterocycles. The molecule has 1 saturated heterocycles. The predicted octanol–water partition coefficient (Wildman–Crippen LogP) is 1.32. The van der Waals surface area contributed by atoms with Crippen LogP contribution in [-0.2, 0) is 10.2 Å². The van der Waals surface area contributed by atoms with E-state index in [0.717, 1.165) is 46.3 Å². The van der Waals surface area contributed by atoms with E-state index in [1.807, 2.05) is 13.0 Å². The third kappa shape index (κ3) is 3.79. The van der Waals surface area contributed by atoms with Gasteiger partial charge in [0.1, 0.15) is 12.1 Å². The monoisotopic (exact) mass is 399 g/mol. The van der Waals surface area contributed by atoms with Crippen molar-refractivity contribution in [3.05, 3.63) is 28.5 Å². The molecule has 0 bridgehead atoms. The van der Waals surface area contributed by atoms with Gasteiger partial charge in [0.25, 0.3) is 10.2 Å². The highest BCUT2D eigenvalue weighted by molar-refractivity contribution is 9.10. The molecule has 0 spiro atoms. The van der Waals surface area contributed by atoms with Gasteiger partial charge >= 0.3 is 0 Å². The summed E-state index contributed by atoms with van der Waals surface area (Å²) < 4.78 is 25.0. The molecule has 0 radical (unpaired) electrons. The van der Waals surface area contributed by atoms with E-state index in [4.69, 9.17) is 5.14 Å². The molecule has 1 fully saturated rings. The van der Waals surface area contributed by atoms with E-state index in [9.17, 15) is 8.42 Å². The summed E-state index contributed by atoms with van der Waals surface area (Å²) in [6, 6.07) is 4.09. The van der Waals surface area contributed by atoms with E-state index in [1.54, 1.807) is 6.33 Å². The molecule has 0 unspecified atom stereocenters. The Morgan fingerprint density at radius 3 is 2.83 bits per heavy atom. The van der Waals surface area contributed by atoms with Crippen LogP contribution in [0.4, 0.5) is 5.82 Å². The molecule has 2 heterocycles. The van der Waals surface area contributed by atoms with Crippen LogP contribution in [-0.4, -0.2) is 38.0 Å². The number of anilines is 1. The SMILES string of the molecule is Cc1cc2ncnc(N3CC(CCNS(N)(=O)=O)C3)c2cc1Br. The van der Waals surface area contributed by atoms with Gasteiger partial charge in [-0.1, -0.05) is 15.9 Å². The first kappa shape index (κ1) is 16.6. The zero-order valence-corrected chi connectivity index (χ0v) is 15.1. The van der Waals surface area contributed by atoms with Gasteiger partial charge in [0.05, 0.1) is 5.52 Å². The molecule has 1 aromatic carbocycles. The van der Waals surface area contributed by atoms with Crippen LogP contribution in [0, 0.1) is 12.8 Å². The third-order valence-electron chi connectivity index (χ3n) is 4.01. The Labute approximate surface area is 143 Å². The molecule has 3 N–H and O–H groups in total. The van der Waals surface area contributed by atoms with Gasteiger partial charge in [-0.2, -0.15) is 8.42 Å². The lowest BCUT2D eigenvalue weighted by atomic mass is 9.96. The lowest BCUT2D eigenvalue weighted by Gasteiger charge is -2.40. The van der Waals surface area contributed by atoms with E-state index in [0.29, 0.717) is 12.5 Å². The van der Waals surface area contributed by atoms with Crippen molar-refractivity contribution in [1.82, 2.24) is 14.7 Å². The van der Waals surface area contributed by atoms with Crippen molar-refractivity contribution < 1.29 is 8.42 Å². The summed E-state index contributed by atoms with van der Waals surface area (Å²) in [6.45, 7) is 4.10. The Bertz CT molecular complexity index is 836. The summed E-state index contributed by atoms with van der Waals surface area (Å²) in [5, 5.41) is 5.94. The molecule has 2 aromatic rings.